The molecule has 1 aromatic carbocycles. The van der Waals surface area contributed by atoms with E-state index in [1.165, 1.54) is 12.0 Å². The predicted molar refractivity (Wildman–Crippen MR) is 73.9 cm³/mol. The number of likely N-dealkylation sites (tertiary alicyclic amines) is 1. The van der Waals surface area contributed by atoms with Crippen LogP contribution in [-0.2, 0) is 9.59 Å². The van der Waals surface area contributed by atoms with Gasteiger partial charge in [0.25, 0.3) is 0 Å². The van der Waals surface area contributed by atoms with Gasteiger partial charge in [-0.3, -0.25) is 9.59 Å². The fourth-order valence-electron chi connectivity index (χ4n) is 2.62. The Hall–Kier alpha value is -1.75. The second-order valence-corrected chi connectivity index (χ2v) is 5.23. The fraction of sp³-hybridized carbons (Fsp3) is 0.429. The molecule has 1 heterocycles. The largest absolute Gasteiger partial charge is 0.495 e. The van der Waals surface area contributed by atoms with Gasteiger partial charge in [-0.05, 0) is 24.1 Å². The zero-order chi connectivity index (χ0) is 14.9. The molecule has 0 bridgehead atoms. The van der Waals surface area contributed by atoms with Crippen LogP contribution >= 0.6 is 11.6 Å². The highest BCUT2D eigenvalue weighted by Crippen LogP contribution is 2.38. The molecule has 108 valence electrons. The summed E-state index contributed by atoms with van der Waals surface area (Å²) in [5.74, 6) is -1.06. The van der Waals surface area contributed by atoms with Crippen LogP contribution in [0.3, 0.4) is 0 Å². The van der Waals surface area contributed by atoms with E-state index in [4.69, 9.17) is 16.3 Å². The highest BCUT2D eigenvalue weighted by molar-refractivity contribution is 6.32. The van der Waals surface area contributed by atoms with Crippen molar-refractivity contribution in [3.05, 3.63) is 28.8 Å². The molecular weight excluding hydrogens is 282 g/mol. The van der Waals surface area contributed by atoms with Gasteiger partial charge >= 0.3 is 5.97 Å². The van der Waals surface area contributed by atoms with Crippen LogP contribution < -0.4 is 4.74 Å². The Balaban J connectivity index is 2.42. The first kappa shape index (κ1) is 14.7. The number of rotatable bonds is 3. The van der Waals surface area contributed by atoms with Crippen molar-refractivity contribution >= 4 is 23.5 Å². The first-order chi connectivity index (χ1) is 9.45. The minimum Gasteiger partial charge on any atom is -0.495 e. The second kappa shape index (κ2) is 5.71. The number of carboxylic acid groups (broad SMARTS) is 1. The Morgan fingerprint density at radius 2 is 2.20 bits per heavy atom. The molecular formula is C14H16ClNO4. The number of benzene rings is 1. The number of hydrogen-bond donors (Lipinski definition) is 1. The van der Waals surface area contributed by atoms with Crippen molar-refractivity contribution in [3.8, 4) is 5.75 Å². The van der Waals surface area contributed by atoms with Crippen molar-refractivity contribution in [1.29, 1.82) is 0 Å². The van der Waals surface area contributed by atoms with Gasteiger partial charge in [0.2, 0.25) is 5.91 Å². The van der Waals surface area contributed by atoms with Crippen molar-refractivity contribution in [2.75, 3.05) is 14.2 Å². The summed E-state index contributed by atoms with van der Waals surface area (Å²) in [5.41, 5.74) is 0.707. The predicted octanol–water partition coefficient (Wildman–Crippen LogP) is 2.34. The molecule has 2 atom stereocenters. The number of carboxylic acids is 1. The van der Waals surface area contributed by atoms with E-state index in [1.807, 2.05) is 0 Å². The van der Waals surface area contributed by atoms with Crippen LogP contribution in [0.4, 0.5) is 0 Å². The van der Waals surface area contributed by atoms with Crippen molar-refractivity contribution in [2.24, 2.45) is 5.92 Å². The third-order valence-electron chi connectivity index (χ3n) is 3.70. The number of halogens is 1. The fourth-order valence-corrected chi connectivity index (χ4v) is 2.89. The molecule has 20 heavy (non-hydrogen) atoms. The van der Waals surface area contributed by atoms with E-state index in [9.17, 15) is 14.7 Å². The molecule has 1 aliphatic heterocycles. The third kappa shape index (κ3) is 2.58. The van der Waals surface area contributed by atoms with Crippen LogP contribution in [0.1, 0.15) is 24.4 Å². The summed E-state index contributed by atoms with van der Waals surface area (Å²) in [6.07, 6.45) is 0.598. The van der Waals surface area contributed by atoms with E-state index in [2.05, 4.69) is 0 Å². The number of hydrogen-bond acceptors (Lipinski definition) is 3. The Morgan fingerprint density at radius 3 is 2.75 bits per heavy atom. The molecule has 2 unspecified atom stereocenters. The maximum Gasteiger partial charge on any atom is 0.308 e. The number of aliphatic carboxylic acids is 1. The van der Waals surface area contributed by atoms with E-state index in [0.29, 0.717) is 22.8 Å². The topological polar surface area (TPSA) is 66.8 Å². The van der Waals surface area contributed by atoms with Crippen LogP contribution in [0.25, 0.3) is 0 Å². The number of piperidine rings is 1. The Morgan fingerprint density at radius 1 is 1.50 bits per heavy atom. The molecule has 6 heteroatoms. The maximum atomic E-state index is 11.8. The number of carbonyl (C=O) groups excluding carboxylic acids is 1. The molecule has 0 spiro atoms. The lowest BCUT2D eigenvalue weighted by Crippen LogP contribution is -2.43. The van der Waals surface area contributed by atoms with Crippen LogP contribution in [0.5, 0.6) is 5.75 Å². The normalized spacial score (nSPS) is 22.8. The minimum atomic E-state index is -0.902. The van der Waals surface area contributed by atoms with Crippen molar-refractivity contribution < 1.29 is 19.4 Å². The van der Waals surface area contributed by atoms with Gasteiger partial charge in [-0.15, -0.1) is 0 Å². The summed E-state index contributed by atoms with van der Waals surface area (Å²) >= 11 is 6.08. The number of nitrogens with zero attached hydrogens (tertiary/aromatic N) is 1. The highest BCUT2D eigenvalue weighted by Gasteiger charge is 2.39. The van der Waals surface area contributed by atoms with E-state index >= 15 is 0 Å². The average molecular weight is 298 g/mol. The Labute approximate surface area is 122 Å². The van der Waals surface area contributed by atoms with Gasteiger partial charge in [0.1, 0.15) is 5.75 Å². The van der Waals surface area contributed by atoms with Gasteiger partial charge in [0, 0.05) is 13.5 Å². The molecule has 1 aromatic rings. The Kier molecular flexibility index (Phi) is 4.18. The summed E-state index contributed by atoms with van der Waals surface area (Å²) in [6.45, 7) is 0. The number of amides is 1. The molecule has 1 aliphatic rings. The molecule has 0 radical (unpaired) electrons. The molecule has 1 N–H and O–H groups in total. The number of methoxy groups -OCH3 is 1. The molecule has 0 aromatic heterocycles. The molecule has 1 fully saturated rings. The molecule has 5 nitrogen and oxygen atoms in total. The maximum absolute atomic E-state index is 11.8. The summed E-state index contributed by atoms with van der Waals surface area (Å²) < 4.78 is 5.08. The van der Waals surface area contributed by atoms with Crippen LogP contribution in [0, 0.1) is 5.92 Å². The van der Waals surface area contributed by atoms with E-state index < -0.39 is 17.9 Å². The van der Waals surface area contributed by atoms with Crippen molar-refractivity contribution in [2.45, 2.75) is 18.9 Å². The highest BCUT2D eigenvalue weighted by atomic mass is 35.5. The molecule has 1 saturated heterocycles. The van der Waals surface area contributed by atoms with Gasteiger partial charge in [0.05, 0.1) is 24.1 Å². The van der Waals surface area contributed by atoms with Crippen LogP contribution in [-0.4, -0.2) is 36.0 Å². The van der Waals surface area contributed by atoms with Crippen LogP contribution in [0.2, 0.25) is 5.02 Å². The summed E-state index contributed by atoms with van der Waals surface area (Å²) in [7, 11) is 3.14. The standard InChI is InChI=1S/C14H16ClNO4/c1-16-12(17)6-4-9(14(18)19)13(16)8-3-5-11(20-2)10(15)7-8/h3,5,7,9,13H,4,6H2,1-2H3,(H,18,19). The minimum absolute atomic E-state index is 0.0561. The number of ether oxygens (including phenoxy) is 1. The van der Waals surface area contributed by atoms with Crippen molar-refractivity contribution in [1.82, 2.24) is 4.90 Å². The Bertz CT molecular complexity index is 546. The van der Waals surface area contributed by atoms with Gasteiger partial charge < -0.3 is 14.7 Å². The van der Waals surface area contributed by atoms with Gasteiger partial charge in [-0.25, -0.2) is 0 Å². The van der Waals surface area contributed by atoms with E-state index in [0.717, 1.165) is 0 Å². The van der Waals surface area contributed by atoms with Gasteiger partial charge in [0.15, 0.2) is 0 Å². The quantitative estimate of drug-likeness (QED) is 0.930. The average Bonchev–Trinajstić information content (AvgIpc) is 2.41. The van der Waals surface area contributed by atoms with Gasteiger partial charge in [-0.2, -0.15) is 0 Å². The molecule has 1 amide bonds. The van der Waals surface area contributed by atoms with Gasteiger partial charge in [-0.1, -0.05) is 17.7 Å². The zero-order valence-electron chi connectivity index (χ0n) is 11.3. The number of carbonyl (C=O) groups is 2. The lowest BCUT2D eigenvalue weighted by molar-refractivity contribution is -0.150. The SMILES string of the molecule is COc1ccc(C2C(C(=O)O)CCC(=O)N2C)cc1Cl. The van der Waals surface area contributed by atoms with E-state index in [-0.39, 0.29) is 12.3 Å². The lowest BCUT2D eigenvalue weighted by Gasteiger charge is -2.37. The van der Waals surface area contributed by atoms with E-state index in [1.54, 1.807) is 25.2 Å². The monoisotopic (exact) mass is 297 g/mol. The molecule has 0 aliphatic carbocycles. The van der Waals surface area contributed by atoms with Crippen LogP contribution in [0.15, 0.2) is 18.2 Å². The lowest BCUT2D eigenvalue weighted by atomic mass is 9.84. The molecule has 0 saturated carbocycles. The third-order valence-corrected chi connectivity index (χ3v) is 3.99. The molecule has 2 rings (SSSR count). The first-order valence-electron chi connectivity index (χ1n) is 6.27. The van der Waals surface area contributed by atoms with Crippen molar-refractivity contribution in [3.63, 3.8) is 0 Å². The summed E-state index contributed by atoms with van der Waals surface area (Å²) in [6, 6.07) is 4.59. The smallest absolute Gasteiger partial charge is 0.308 e. The summed E-state index contributed by atoms with van der Waals surface area (Å²) in [4.78, 5) is 24.7. The second-order valence-electron chi connectivity index (χ2n) is 4.83. The zero-order valence-corrected chi connectivity index (χ0v) is 12.1. The summed E-state index contributed by atoms with van der Waals surface area (Å²) in [5, 5.41) is 9.75. The first-order valence-corrected chi connectivity index (χ1v) is 6.65.